The van der Waals surface area contributed by atoms with Crippen molar-refractivity contribution in [1.82, 2.24) is 0 Å². The van der Waals surface area contributed by atoms with Crippen molar-refractivity contribution in [3.8, 4) is 11.5 Å². The molecule has 216 valence electrons. The van der Waals surface area contributed by atoms with E-state index in [1.165, 1.54) is 36.4 Å². The zero-order chi connectivity index (χ0) is 30.2. The lowest BCUT2D eigenvalue weighted by Gasteiger charge is -2.29. The fourth-order valence-electron chi connectivity index (χ4n) is 5.35. The number of nitro groups is 1. The highest BCUT2D eigenvalue weighted by molar-refractivity contribution is 6.24. The third-order valence-electron chi connectivity index (χ3n) is 7.44. The fourth-order valence-corrected chi connectivity index (χ4v) is 5.35. The number of fused-ring (bicyclic) bond motifs is 1. The summed E-state index contributed by atoms with van der Waals surface area (Å²) in [7, 11) is 1.41. The van der Waals surface area contributed by atoms with Gasteiger partial charge in [-0.25, -0.2) is 14.8 Å². The lowest BCUT2D eigenvalue weighted by atomic mass is 9.90. The van der Waals surface area contributed by atoms with E-state index in [-0.39, 0.29) is 22.9 Å². The Morgan fingerprint density at radius 1 is 0.860 bits per heavy atom. The van der Waals surface area contributed by atoms with Crippen molar-refractivity contribution in [1.29, 1.82) is 0 Å². The van der Waals surface area contributed by atoms with Crippen molar-refractivity contribution in [3.05, 3.63) is 124 Å². The summed E-state index contributed by atoms with van der Waals surface area (Å²) in [6.45, 7) is 1.90. The predicted molar refractivity (Wildman–Crippen MR) is 155 cm³/mol. The van der Waals surface area contributed by atoms with Crippen LogP contribution in [0.15, 0.2) is 97.1 Å². The van der Waals surface area contributed by atoms with Crippen LogP contribution in [0.2, 0.25) is 0 Å². The molecule has 2 heterocycles. The lowest BCUT2D eigenvalue weighted by Crippen LogP contribution is -2.37. The maximum atomic E-state index is 13.9. The van der Waals surface area contributed by atoms with Crippen LogP contribution in [0.3, 0.4) is 0 Å². The SMILES string of the molecule is COc1cc([C@H]2[C@H]3C(=O)N(c4ccc(C)cc4)C(=O)[C@H]3ON2c2cccc([N+](=O)[O-])c2)ccc1OC(=O)c1ccccc1. The second-order valence-corrected chi connectivity index (χ2v) is 10.1. The summed E-state index contributed by atoms with van der Waals surface area (Å²) in [5, 5.41) is 12.9. The Kier molecular flexibility index (Phi) is 7.08. The number of anilines is 2. The van der Waals surface area contributed by atoms with Gasteiger partial charge in [0.1, 0.15) is 5.92 Å². The van der Waals surface area contributed by atoms with Crippen LogP contribution in [-0.2, 0) is 14.4 Å². The fraction of sp³-hybridized carbons (Fsp3) is 0.156. The van der Waals surface area contributed by atoms with Gasteiger partial charge in [0.15, 0.2) is 17.6 Å². The molecule has 3 atom stereocenters. The van der Waals surface area contributed by atoms with E-state index in [4.69, 9.17) is 14.3 Å². The number of aryl methyl sites for hydroxylation is 1. The smallest absolute Gasteiger partial charge is 0.343 e. The Bertz CT molecular complexity index is 1740. The first-order valence-electron chi connectivity index (χ1n) is 13.4. The van der Waals surface area contributed by atoms with E-state index in [1.54, 1.807) is 72.8 Å². The number of ether oxygens (including phenoxy) is 2. The molecule has 0 aliphatic carbocycles. The van der Waals surface area contributed by atoms with E-state index in [1.807, 2.05) is 6.92 Å². The number of imide groups is 1. The number of hydrogen-bond acceptors (Lipinski definition) is 9. The van der Waals surface area contributed by atoms with E-state index >= 15 is 0 Å². The maximum Gasteiger partial charge on any atom is 0.343 e. The zero-order valence-electron chi connectivity index (χ0n) is 23.1. The van der Waals surface area contributed by atoms with Crippen molar-refractivity contribution >= 4 is 34.8 Å². The van der Waals surface area contributed by atoms with Crippen molar-refractivity contribution < 1.29 is 33.6 Å². The van der Waals surface area contributed by atoms with Gasteiger partial charge in [-0.2, -0.15) is 0 Å². The number of rotatable bonds is 7. The summed E-state index contributed by atoms with van der Waals surface area (Å²) in [4.78, 5) is 58.5. The molecule has 2 aliphatic heterocycles. The Morgan fingerprint density at radius 2 is 1.60 bits per heavy atom. The molecular weight excluding hydrogens is 554 g/mol. The Balaban J connectivity index is 1.40. The van der Waals surface area contributed by atoms with Crippen LogP contribution < -0.4 is 19.4 Å². The molecule has 2 aliphatic rings. The molecule has 43 heavy (non-hydrogen) atoms. The first kappa shape index (κ1) is 27.6. The first-order chi connectivity index (χ1) is 20.8. The van der Waals surface area contributed by atoms with Gasteiger partial charge in [-0.15, -0.1) is 0 Å². The minimum atomic E-state index is -1.18. The second kappa shape index (κ2) is 11.0. The normalized spacial score (nSPS) is 19.3. The van der Waals surface area contributed by atoms with Crippen molar-refractivity contribution in [2.75, 3.05) is 17.1 Å². The average molecular weight is 580 g/mol. The number of esters is 1. The highest BCUT2D eigenvalue weighted by Crippen LogP contribution is 2.49. The van der Waals surface area contributed by atoms with Crippen LogP contribution in [0.25, 0.3) is 0 Å². The molecule has 11 heteroatoms. The number of nitro benzene ring substituents is 1. The molecule has 0 bridgehead atoms. The maximum absolute atomic E-state index is 13.9. The number of non-ortho nitro benzene ring substituents is 1. The van der Waals surface area contributed by atoms with Gasteiger partial charge in [0.25, 0.3) is 11.6 Å². The molecule has 6 rings (SSSR count). The molecule has 0 unspecified atom stereocenters. The van der Waals surface area contributed by atoms with Crippen LogP contribution in [0, 0.1) is 23.0 Å². The monoisotopic (exact) mass is 579 g/mol. The molecule has 0 spiro atoms. The summed E-state index contributed by atoms with van der Waals surface area (Å²) >= 11 is 0. The van der Waals surface area contributed by atoms with E-state index in [2.05, 4.69) is 0 Å². The van der Waals surface area contributed by atoms with Crippen LogP contribution >= 0.6 is 0 Å². The van der Waals surface area contributed by atoms with E-state index < -0.39 is 40.8 Å². The first-order valence-corrected chi connectivity index (χ1v) is 13.4. The zero-order valence-corrected chi connectivity index (χ0v) is 23.1. The number of carbonyl (C=O) groups excluding carboxylic acids is 3. The molecule has 0 aromatic heterocycles. The third kappa shape index (κ3) is 4.95. The standard InChI is InChI=1S/C32H25N3O8/c1-19-11-14-22(15-12-19)33-30(36)27-28(34(43-29(27)31(33)37)23-9-6-10-24(18-23)35(39)40)21-13-16-25(26(17-21)41-2)42-32(38)20-7-4-3-5-8-20/h3-18,27-29H,1-2H3/t27-,28+,29+/m1/s1. The topological polar surface area (TPSA) is 129 Å². The second-order valence-electron chi connectivity index (χ2n) is 10.1. The molecule has 0 radical (unpaired) electrons. The van der Waals surface area contributed by atoms with Gasteiger partial charge in [0.2, 0.25) is 5.91 Å². The molecule has 2 fully saturated rings. The van der Waals surface area contributed by atoms with Crippen LogP contribution in [-0.4, -0.2) is 35.9 Å². The van der Waals surface area contributed by atoms with Crippen LogP contribution in [0.5, 0.6) is 11.5 Å². The highest BCUT2D eigenvalue weighted by Gasteiger charge is 2.60. The molecule has 4 aromatic carbocycles. The van der Waals surface area contributed by atoms with Gasteiger partial charge in [0.05, 0.1) is 35.0 Å². The number of carbonyl (C=O) groups is 3. The Hall–Kier alpha value is -5.55. The van der Waals surface area contributed by atoms with Gasteiger partial charge in [-0.1, -0.05) is 48.0 Å². The van der Waals surface area contributed by atoms with Crippen molar-refractivity contribution in [2.45, 2.75) is 19.1 Å². The Labute approximate surface area is 245 Å². The van der Waals surface area contributed by atoms with Crippen LogP contribution in [0.1, 0.15) is 27.5 Å². The molecule has 0 saturated carbocycles. The number of hydroxylamine groups is 1. The minimum absolute atomic E-state index is 0.146. The summed E-state index contributed by atoms with van der Waals surface area (Å²) in [6.07, 6.45) is -1.18. The van der Waals surface area contributed by atoms with Crippen LogP contribution in [0.4, 0.5) is 17.1 Å². The van der Waals surface area contributed by atoms with Crippen molar-refractivity contribution in [3.63, 3.8) is 0 Å². The summed E-state index contributed by atoms with van der Waals surface area (Å²) in [5.41, 5.74) is 2.34. The molecule has 11 nitrogen and oxygen atoms in total. The lowest BCUT2D eigenvalue weighted by molar-refractivity contribution is -0.384. The van der Waals surface area contributed by atoms with E-state index in [0.717, 1.165) is 10.5 Å². The molecule has 0 N–H and O–H groups in total. The number of benzene rings is 4. The van der Waals surface area contributed by atoms with E-state index in [9.17, 15) is 24.5 Å². The Morgan fingerprint density at radius 3 is 2.30 bits per heavy atom. The number of hydrogen-bond donors (Lipinski definition) is 0. The van der Waals surface area contributed by atoms with Gasteiger partial charge in [0, 0.05) is 12.1 Å². The average Bonchev–Trinajstić information content (AvgIpc) is 3.53. The molecule has 4 aromatic rings. The van der Waals surface area contributed by atoms with Gasteiger partial charge in [-0.05, 0) is 55.0 Å². The number of amides is 2. The van der Waals surface area contributed by atoms with Gasteiger partial charge >= 0.3 is 5.97 Å². The highest BCUT2D eigenvalue weighted by atomic mass is 16.7. The van der Waals surface area contributed by atoms with E-state index in [0.29, 0.717) is 16.8 Å². The van der Waals surface area contributed by atoms with Gasteiger partial charge < -0.3 is 9.47 Å². The minimum Gasteiger partial charge on any atom is -0.493 e. The summed E-state index contributed by atoms with van der Waals surface area (Å²) in [5.74, 6) is -2.24. The molecule has 2 amide bonds. The molecular formula is C32H25N3O8. The largest absolute Gasteiger partial charge is 0.493 e. The van der Waals surface area contributed by atoms with Gasteiger partial charge in [-0.3, -0.25) is 24.5 Å². The number of nitrogens with zero attached hydrogens (tertiary/aromatic N) is 3. The number of methoxy groups -OCH3 is 1. The summed E-state index contributed by atoms with van der Waals surface area (Å²) < 4.78 is 11.1. The molecule has 2 saturated heterocycles. The quantitative estimate of drug-likeness (QED) is 0.0956. The summed E-state index contributed by atoms with van der Waals surface area (Å²) in [6, 6.07) is 25.1. The predicted octanol–water partition coefficient (Wildman–Crippen LogP) is 5.18. The third-order valence-corrected chi connectivity index (χ3v) is 7.44. The van der Waals surface area contributed by atoms with Crippen molar-refractivity contribution in [2.24, 2.45) is 5.92 Å².